The SMILES string of the molecule is Cc1ccsc1CNCCCc1ccc(N)cc1. The molecular formula is C15H20N2S. The fourth-order valence-corrected chi connectivity index (χ4v) is 2.76. The number of rotatable bonds is 6. The lowest BCUT2D eigenvalue weighted by molar-refractivity contribution is 0.653. The van der Waals surface area contributed by atoms with Crippen LogP contribution in [0.4, 0.5) is 5.69 Å². The van der Waals surface area contributed by atoms with Gasteiger partial charge in [0.25, 0.3) is 0 Å². The number of thiophene rings is 1. The molecule has 3 N–H and O–H groups in total. The minimum absolute atomic E-state index is 0.838. The molecule has 0 spiro atoms. The van der Waals surface area contributed by atoms with Crippen LogP contribution in [0.3, 0.4) is 0 Å². The standard InChI is InChI=1S/C15H20N2S/c1-12-8-10-18-15(12)11-17-9-2-3-13-4-6-14(16)7-5-13/h4-8,10,17H,2-3,9,11,16H2,1H3. The summed E-state index contributed by atoms with van der Waals surface area (Å²) >= 11 is 1.83. The van der Waals surface area contributed by atoms with Crippen LogP contribution in [0.25, 0.3) is 0 Å². The van der Waals surface area contributed by atoms with Crippen molar-refractivity contribution in [2.24, 2.45) is 0 Å². The average Bonchev–Trinajstić information content (AvgIpc) is 2.77. The van der Waals surface area contributed by atoms with Gasteiger partial charge in [0.15, 0.2) is 0 Å². The van der Waals surface area contributed by atoms with Crippen LogP contribution in [0.5, 0.6) is 0 Å². The second-order valence-corrected chi connectivity index (χ2v) is 5.55. The molecular weight excluding hydrogens is 240 g/mol. The zero-order chi connectivity index (χ0) is 12.8. The monoisotopic (exact) mass is 260 g/mol. The van der Waals surface area contributed by atoms with E-state index in [0.717, 1.165) is 31.6 Å². The third-order valence-corrected chi connectivity index (χ3v) is 4.08. The molecule has 2 rings (SSSR count). The first-order chi connectivity index (χ1) is 8.75. The Kier molecular flexibility index (Phi) is 4.79. The normalized spacial score (nSPS) is 10.7. The Labute approximate surface area is 113 Å². The van der Waals surface area contributed by atoms with Crippen molar-refractivity contribution in [1.82, 2.24) is 5.32 Å². The number of hydrogen-bond acceptors (Lipinski definition) is 3. The van der Waals surface area contributed by atoms with Crippen LogP contribution < -0.4 is 11.1 Å². The van der Waals surface area contributed by atoms with E-state index in [-0.39, 0.29) is 0 Å². The summed E-state index contributed by atoms with van der Waals surface area (Å²) in [5, 5.41) is 5.65. The highest BCUT2D eigenvalue weighted by molar-refractivity contribution is 7.10. The molecule has 1 aromatic heterocycles. The zero-order valence-corrected chi connectivity index (χ0v) is 11.6. The lowest BCUT2D eigenvalue weighted by Crippen LogP contribution is -2.15. The molecule has 1 aromatic carbocycles. The molecule has 0 unspecified atom stereocenters. The lowest BCUT2D eigenvalue weighted by Gasteiger charge is -2.05. The van der Waals surface area contributed by atoms with E-state index < -0.39 is 0 Å². The quantitative estimate of drug-likeness (QED) is 0.617. The first-order valence-corrected chi connectivity index (χ1v) is 7.22. The molecule has 2 aromatic rings. The summed E-state index contributed by atoms with van der Waals surface area (Å²) in [6.07, 6.45) is 2.27. The van der Waals surface area contributed by atoms with E-state index in [2.05, 4.69) is 35.8 Å². The van der Waals surface area contributed by atoms with Gasteiger partial charge in [0.05, 0.1) is 0 Å². The van der Waals surface area contributed by atoms with E-state index >= 15 is 0 Å². The number of nitrogen functional groups attached to an aromatic ring is 1. The minimum atomic E-state index is 0.838. The van der Waals surface area contributed by atoms with E-state index in [1.807, 2.05) is 23.5 Å². The van der Waals surface area contributed by atoms with Gasteiger partial charge >= 0.3 is 0 Å². The van der Waals surface area contributed by atoms with Crippen molar-refractivity contribution in [3.63, 3.8) is 0 Å². The molecule has 0 fully saturated rings. The zero-order valence-electron chi connectivity index (χ0n) is 10.8. The minimum Gasteiger partial charge on any atom is -0.399 e. The smallest absolute Gasteiger partial charge is 0.0314 e. The van der Waals surface area contributed by atoms with E-state index in [9.17, 15) is 0 Å². The molecule has 96 valence electrons. The molecule has 0 saturated heterocycles. The topological polar surface area (TPSA) is 38.0 Å². The Morgan fingerprint density at radius 2 is 1.94 bits per heavy atom. The van der Waals surface area contributed by atoms with Crippen LogP contribution in [0.1, 0.15) is 22.4 Å². The fraction of sp³-hybridized carbons (Fsp3) is 0.333. The molecule has 0 saturated carbocycles. The van der Waals surface area contributed by atoms with Crippen LogP contribution in [-0.4, -0.2) is 6.54 Å². The molecule has 0 aliphatic carbocycles. The third-order valence-electron chi connectivity index (χ3n) is 3.05. The van der Waals surface area contributed by atoms with Crippen molar-refractivity contribution in [1.29, 1.82) is 0 Å². The van der Waals surface area contributed by atoms with Crippen molar-refractivity contribution in [3.8, 4) is 0 Å². The largest absolute Gasteiger partial charge is 0.399 e. The summed E-state index contributed by atoms with van der Waals surface area (Å²) in [6, 6.07) is 10.3. The van der Waals surface area contributed by atoms with Gasteiger partial charge in [-0.25, -0.2) is 0 Å². The van der Waals surface area contributed by atoms with Gasteiger partial charge in [0.2, 0.25) is 0 Å². The van der Waals surface area contributed by atoms with Crippen LogP contribution in [-0.2, 0) is 13.0 Å². The van der Waals surface area contributed by atoms with Gasteiger partial charge in [-0.15, -0.1) is 11.3 Å². The molecule has 0 amide bonds. The second-order valence-electron chi connectivity index (χ2n) is 4.55. The highest BCUT2D eigenvalue weighted by Gasteiger charge is 1.98. The van der Waals surface area contributed by atoms with E-state index in [1.165, 1.54) is 16.0 Å². The molecule has 3 heteroatoms. The summed E-state index contributed by atoms with van der Waals surface area (Å²) < 4.78 is 0. The van der Waals surface area contributed by atoms with Crippen LogP contribution in [0.2, 0.25) is 0 Å². The van der Waals surface area contributed by atoms with Gasteiger partial charge in [0, 0.05) is 17.1 Å². The van der Waals surface area contributed by atoms with Crippen molar-refractivity contribution < 1.29 is 0 Å². The van der Waals surface area contributed by atoms with E-state index in [4.69, 9.17) is 5.73 Å². The molecule has 1 heterocycles. The van der Waals surface area contributed by atoms with Crippen molar-refractivity contribution >= 4 is 17.0 Å². The van der Waals surface area contributed by atoms with Crippen LogP contribution in [0, 0.1) is 6.92 Å². The van der Waals surface area contributed by atoms with Crippen molar-refractivity contribution in [2.75, 3.05) is 12.3 Å². The number of hydrogen-bond donors (Lipinski definition) is 2. The Bertz CT molecular complexity index is 473. The highest BCUT2D eigenvalue weighted by atomic mass is 32.1. The molecule has 0 radical (unpaired) electrons. The number of anilines is 1. The molecule has 2 nitrogen and oxygen atoms in total. The highest BCUT2D eigenvalue weighted by Crippen LogP contribution is 2.14. The maximum atomic E-state index is 5.66. The lowest BCUT2D eigenvalue weighted by atomic mass is 10.1. The summed E-state index contributed by atoms with van der Waals surface area (Å²) in [5.41, 5.74) is 9.25. The van der Waals surface area contributed by atoms with Crippen molar-refractivity contribution in [3.05, 3.63) is 51.7 Å². The predicted octanol–water partition coefficient (Wildman–Crippen LogP) is 3.36. The Morgan fingerprint density at radius 1 is 1.17 bits per heavy atom. The number of benzene rings is 1. The molecule has 18 heavy (non-hydrogen) atoms. The van der Waals surface area contributed by atoms with Crippen molar-refractivity contribution in [2.45, 2.75) is 26.3 Å². The first-order valence-electron chi connectivity index (χ1n) is 6.34. The molecule has 0 aliphatic rings. The van der Waals surface area contributed by atoms with Crippen LogP contribution >= 0.6 is 11.3 Å². The molecule has 0 atom stereocenters. The van der Waals surface area contributed by atoms with E-state index in [1.54, 1.807) is 0 Å². The number of nitrogens with two attached hydrogens (primary N) is 1. The average molecular weight is 260 g/mol. The Balaban J connectivity index is 1.64. The number of nitrogens with one attached hydrogen (secondary N) is 1. The Morgan fingerprint density at radius 3 is 2.61 bits per heavy atom. The van der Waals surface area contributed by atoms with E-state index in [0.29, 0.717) is 0 Å². The van der Waals surface area contributed by atoms with Gasteiger partial charge < -0.3 is 11.1 Å². The number of aryl methyl sites for hydroxylation is 2. The third kappa shape index (κ3) is 3.86. The summed E-state index contributed by atoms with van der Waals surface area (Å²) in [5.74, 6) is 0. The second kappa shape index (κ2) is 6.57. The maximum Gasteiger partial charge on any atom is 0.0314 e. The summed E-state index contributed by atoms with van der Waals surface area (Å²) in [7, 11) is 0. The summed E-state index contributed by atoms with van der Waals surface area (Å²) in [4.78, 5) is 1.45. The van der Waals surface area contributed by atoms with Gasteiger partial charge in [0.1, 0.15) is 0 Å². The molecule has 0 bridgehead atoms. The first kappa shape index (κ1) is 13.1. The van der Waals surface area contributed by atoms with Gasteiger partial charge in [-0.2, -0.15) is 0 Å². The molecule has 0 aliphatic heterocycles. The van der Waals surface area contributed by atoms with Crippen LogP contribution in [0.15, 0.2) is 35.7 Å². The maximum absolute atomic E-state index is 5.66. The van der Waals surface area contributed by atoms with Gasteiger partial charge in [-0.05, 0) is 61.0 Å². The Hall–Kier alpha value is -1.32. The van der Waals surface area contributed by atoms with Gasteiger partial charge in [-0.3, -0.25) is 0 Å². The summed E-state index contributed by atoms with van der Waals surface area (Å²) in [6.45, 7) is 4.22. The predicted molar refractivity (Wildman–Crippen MR) is 79.9 cm³/mol. The van der Waals surface area contributed by atoms with Gasteiger partial charge in [-0.1, -0.05) is 12.1 Å². The fourth-order valence-electron chi connectivity index (χ4n) is 1.89.